The predicted octanol–water partition coefficient (Wildman–Crippen LogP) is 2.47. The summed E-state index contributed by atoms with van der Waals surface area (Å²) in [5.41, 5.74) is 0.687. The van der Waals surface area contributed by atoms with E-state index >= 15 is 0 Å². The molecule has 1 aromatic rings. The maximum atomic E-state index is 11.9. The van der Waals surface area contributed by atoms with Crippen LogP contribution in [0.15, 0.2) is 24.3 Å². The lowest BCUT2D eigenvalue weighted by molar-refractivity contribution is -0.143. The highest BCUT2D eigenvalue weighted by Gasteiger charge is 2.25. The van der Waals surface area contributed by atoms with E-state index in [-0.39, 0.29) is 18.2 Å². The van der Waals surface area contributed by atoms with Crippen LogP contribution in [0.1, 0.15) is 26.3 Å². The van der Waals surface area contributed by atoms with Crippen molar-refractivity contribution in [3.63, 3.8) is 0 Å². The van der Waals surface area contributed by atoms with Gasteiger partial charge < -0.3 is 20.1 Å². The monoisotopic (exact) mass is 370 g/mol. The third kappa shape index (κ3) is 7.89. The topological polar surface area (TPSA) is 93.7 Å². The van der Waals surface area contributed by atoms with Crippen LogP contribution in [0.2, 0.25) is 0 Å². The number of amides is 2. The van der Waals surface area contributed by atoms with Crippen LogP contribution < -0.4 is 10.6 Å². The van der Waals surface area contributed by atoms with E-state index in [4.69, 9.17) is 21.1 Å². The minimum absolute atomic E-state index is 0.133. The van der Waals surface area contributed by atoms with Crippen LogP contribution in [0, 0.1) is 0 Å². The molecule has 138 valence electrons. The number of carbonyl (C=O) groups excluding carboxylic acids is 3. The molecule has 0 aliphatic heterocycles. The van der Waals surface area contributed by atoms with Crippen LogP contribution in [-0.4, -0.2) is 42.6 Å². The Balaban J connectivity index is 2.76. The number of carbonyl (C=O) groups is 3. The van der Waals surface area contributed by atoms with E-state index in [1.165, 1.54) is 7.11 Å². The number of hydrogen-bond donors (Lipinski definition) is 2. The molecule has 2 N–H and O–H groups in total. The van der Waals surface area contributed by atoms with E-state index in [2.05, 4.69) is 10.6 Å². The van der Waals surface area contributed by atoms with Crippen LogP contribution in [0.4, 0.5) is 10.5 Å². The third-order valence-corrected chi connectivity index (χ3v) is 3.22. The van der Waals surface area contributed by atoms with Crippen molar-refractivity contribution in [2.75, 3.05) is 18.3 Å². The molecule has 0 spiro atoms. The summed E-state index contributed by atoms with van der Waals surface area (Å²) in [6.07, 6.45) is -0.482. The van der Waals surface area contributed by atoms with Gasteiger partial charge in [0.25, 0.3) is 0 Å². The number of hydrogen-bond acceptors (Lipinski definition) is 5. The molecule has 0 aliphatic rings. The fourth-order valence-corrected chi connectivity index (χ4v) is 2.01. The Hall–Kier alpha value is -2.28. The molecular weight excluding hydrogens is 348 g/mol. The highest BCUT2D eigenvalue weighted by molar-refractivity contribution is 6.29. The number of esters is 1. The minimum atomic E-state index is -0.886. The van der Waals surface area contributed by atoms with Crippen LogP contribution in [0.3, 0.4) is 0 Å². The first-order valence-corrected chi connectivity index (χ1v) is 8.20. The summed E-state index contributed by atoms with van der Waals surface area (Å²) in [4.78, 5) is 35.0. The van der Waals surface area contributed by atoms with E-state index in [1.54, 1.807) is 45.0 Å². The fraction of sp³-hybridized carbons (Fsp3) is 0.471. The van der Waals surface area contributed by atoms with Gasteiger partial charge in [0.15, 0.2) is 0 Å². The molecule has 0 saturated heterocycles. The lowest BCUT2D eigenvalue weighted by Crippen LogP contribution is -2.45. The lowest BCUT2D eigenvalue weighted by atomic mass is 10.1. The molecule has 1 aromatic carbocycles. The molecule has 0 aromatic heterocycles. The Labute approximate surface area is 152 Å². The van der Waals surface area contributed by atoms with E-state index in [0.717, 1.165) is 5.56 Å². The van der Waals surface area contributed by atoms with Crippen molar-refractivity contribution in [1.29, 1.82) is 0 Å². The normalized spacial score (nSPS) is 12.0. The lowest BCUT2D eigenvalue weighted by Gasteiger charge is -2.22. The van der Waals surface area contributed by atoms with Crippen molar-refractivity contribution in [2.45, 2.75) is 38.8 Å². The van der Waals surface area contributed by atoms with E-state index < -0.39 is 23.7 Å². The van der Waals surface area contributed by atoms with Crippen LogP contribution in [0.25, 0.3) is 0 Å². The summed E-state index contributed by atoms with van der Waals surface area (Å²) in [5.74, 6) is -1.02. The molecule has 0 heterocycles. The van der Waals surface area contributed by atoms with Crippen molar-refractivity contribution in [2.24, 2.45) is 0 Å². The maximum absolute atomic E-state index is 11.9. The first-order valence-electron chi connectivity index (χ1n) is 7.66. The SMILES string of the molecule is COC(=O)[C@H](Cc1ccc(NC(=O)CCl)cc1)NC(=O)OC(C)(C)C. The molecule has 0 aliphatic carbocycles. The average molecular weight is 371 g/mol. The van der Waals surface area contributed by atoms with Gasteiger partial charge in [-0.25, -0.2) is 9.59 Å². The van der Waals surface area contributed by atoms with Gasteiger partial charge in [-0.05, 0) is 38.5 Å². The van der Waals surface area contributed by atoms with E-state index in [0.29, 0.717) is 5.69 Å². The van der Waals surface area contributed by atoms with Crippen molar-refractivity contribution in [3.8, 4) is 0 Å². The quantitative estimate of drug-likeness (QED) is 0.592. The number of halogens is 1. The number of anilines is 1. The maximum Gasteiger partial charge on any atom is 0.408 e. The standard InChI is InChI=1S/C17H23ClN2O5/c1-17(2,3)25-16(23)20-13(15(22)24-4)9-11-5-7-12(8-6-11)19-14(21)10-18/h5-8,13H,9-10H2,1-4H3,(H,19,21)(H,20,23)/t13-/m0/s1. The van der Waals surface area contributed by atoms with Crippen LogP contribution in [0.5, 0.6) is 0 Å². The zero-order valence-electron chi connectivity index (χ0n) is 14.7. The van der Waals surface area contributed by atoms with E-state index in [1.807, 2.05) is 0 Å². The van der Waals surface area contributed by atoms with Gasteiger partial charge in [0.1, 0.15) is 17.5 Å². The fourth-order valence-electron chi connectivity index (χ4n) is 1.94. The Kier molecular flexibility index (Phi) is 7.70. The Bertz CT molecular complexity index is 610. The van der Waals surface area contributed by atoms with E-state index in [9.17, 15) is 14.4 Å². The summed E-state index contributed by atoms with van der Waals surface area (Å²) in [6.45, 7) is 5.19. The number of benzene rings is 1. The second-order valence-electron chi connectivity index (χ2n) is 6.30. The summed E-state index contributed by atoms with van der Waals surface area (Å²) in [6, 6.07) is 5.94. The van der Waals surface area contributed by atoms with Gasteiger partial charge in [-0.2, -0.15) is 0 Å². The van der Waals surface area contributed by atoms with Crippen LogP contribution in [-0.2, 0) is 25.5 Å². The molecule has 1 atom stereocenters. The molecular formula is C17H23ClN2O5. The van der Waals surface area contributed by atoms with Crippen molar-refractivity contribution in [3.05, 3.63) is 29.8 Å². The molecule has 0 radical (unpaired) electrons. The van der Waals surface area contributed by atoms with Crippen molar-refractivity contribution < 1.29 is 23.9 Å². The van der Waals surface area contributed by atoms with Gasteiger partial charge in [-0.1, -0.05) is 12.1 Å². The van der Waals surface area contributed by atoms with Gasteiger partial charge in [0.05, 0.1) is 7.11 Å². The van der Waals surface area contributed by atoms with Crippen molar-refractivity contribution >= 4 is 35.3 Å². The number of methoxy groups -OCH3 is 1. The highest BCUT2D eigenvalue weighted by Crippen LogP contribution is 2.13. The zero-order chi connectivity index (χ0) is 19.0. The summed E-state index contributed by atoms with van der Waals surface area (Å²) < 4.78 is 9.88. The van der Waals surface area contributed by atoms with Gasteiger partial charge in [-0.15, -0.1) is 11.6 Å². The number of nitrogens with one attached hydrogen (secondary N) is 2. The molecule has 1 rings (SSSR count). The number of ether oxygens (including phenoxy) is 2. The molecule has 0 fully saturated rings. The molecule has 2 amide bonds. The molecule has 0 saturated carbocycles. The first kappa shape index (κ1) is 20.8. The zero-order valence-corrected chi connectivity index (χ0v) is 15.5. The number of alkyl halides is 1. The Morgan fingerprint density at radius 3 is 2.24 bits per heavy atom. The van der Waals surface area contributed by atoms with Crippen molar-refractivity contribution in [1.82, 2.24) is 5.32 Å². The highest BCUT2D eigenvalue weighted by atomic mass is 35.5. The molecule has 7 nitrogen and oxygen atoms in total. The Morgan fingerprint density at radius 2 is 1.76 bits per heavy atom. The third-order valence-electron chi connectivity index (χ3n) is 2.98. The number of rotatable bonds is 6. The van der Waals surface area contributed by atoms with Crippen LogP contribution >= 0.6 is 11.6 Å². The van der Waals surface area contributed by atoms with Gasteiger partial charge in [0, 0.05) is 12.1 Å². The van der Waals surface area contributed by atoms with Gasteiger partial charge >= 0.3 is 12.1 Å². The largest absolute Gasteiger partial charge is 0.467 e. The number of alkyl carbamates (subject to hydrolysis) is 1. The molecule has 25 heavy (non-hydrogen) atoms. The molecule has 0 unspecified atom stereocenters. The summed E-state index contributed by atoms with van der Waals surface area (Å²) >= 11 is 5.43. The van der Waals surface area contributed by atoms with Gasteiger partial charge in [-0.3, -0.25) is 4.79 Å². The minimum Gasteiger partial charge on any atom is -0.467 e. The smallest absolute Gasteiger partial charge is 0.408 e. The first-order chi connectivity index (χ1) is 11.6. The molecule has 0 bridgehead atoms. The molecule has 8 heteroatoms. The van der Waals surface area contributed by atoms with Gasteiger partial charge in [0.2, 0.25) is 5.91 Å². The Morgan fingerprint density at radius 1 is 1.16 bits per heavy atom. The predicted molar refractivity (Wildman–Crippen MR) is 94.7 cm³/mol. The summed E-state index contributed by atoms with van der Waals surface area (Å²) in [7, 11) is 1.25. The second-order valence-corrected chi connectivity index (χ2v) is 6.57. The second kappa shape index (κ2) is 9.27. The summed E-state index contributed by atoms with van der Waals surface area (Å²) in [5, 5.41) is 5.12. The average Bonchev–Trinajstić information content (AvgIpc) is 2.53.